The molecule has 0 unspecified atom stereocenters. The largest absolute Gasteiger partial charge is 0.414 e. The van der Waals surface area contributed by atoms with Crippen LogP contribution in [0, 0.1) is 0 Å². The van der Waals surface area contributed by atoms with Gasteiger partial charge in [-0.1, -0.05) is 32.9 Å². The molecular weight excluding hydrogens is 224 g/mol. The van der Waals surface area contributed by atoms with Crippen LogP contribution in [0.3, 0.4) is 0 Å². The van der Waals surface area contributed by atoms with Crippen molar-refractivity contribution < 1.29 is 4.43 Å². The Kier molecular flexibility index (Phi) is 5.03. The lowest BCUT2D eigenvalue weighted by Crippen LogP contribution is -2.44. The number of allylic oxidation sites excluding steroid dienone is 1. The third-order valence-electron chi connectivity index (χ3n) is 4.38. The molecule has 17 heavy (non-hydrogen) atoms. The van der Waals surface area contributed by atoms with E-state index in [4.69, 9.17) is 4.43 Å². The second kappa shape index (κ2) is 5.70. The highest BCUT2D eigenvalue weighted by atomic mass is 28.4. The van der Waals surface area contributed by atoms with Crippen molar-refractivity contribution in [3.05, 3.63) is 12.2 Å². The molecule has 0 N–H and O–H groups in total. The second-order valence-corrected chi connectivity index (χ2v) is 11.8. The molecule has 0 aromatic heterocycles. The van der Waals surface area contributed by atoms with Gasteiger partial charge in [0.1, 0.15) is 0 Å². The van der Waals surface area contributed by atoms with E-state index in [-0.39, 0.29) is 0 Å². The van der Waals surface area contributed by atoms with E-state index in [0.717, 1.165) is 0 Å². The van der Waals surface area contributed by atoms with E-state index in [1.807, 2.05) is 0 Å². The van der Waals surface area contributed by atoms with Crippen LogP contribution in [-0.4, -0.2) is 14.4 Å². The van der Waals surface area contributed by atoms with E-state index in [9.17, 15) is 0 Å². The van der Waals surface area contributed by atoms with Crippen molar-refractivity contribution in [1.29, 1.82) is 0 Å². The maximum Gasteiger partial charge on any atom is 0.192 e. The summed E-state index contributed by atoms with van der Waals surface area (Å²) in [4.78, 5) is 0. The summed E-state index contributed by atoms with van der Waals surface area (Å²) >= 11 is 0. The molecule has 0 amide bonds. The summed E-state index contributed by atoms with van der Waals surface area (Å²) in [6.45, 7) is 15.8. The highest BCUT2D eigenvalue weighted by Gasteiger charge is 2.38. The molecule has 0 radical (unpaired) electrons. The molecule has 1 rings (SSSR count). The van der Waals surface area contributed by atoms with E-state index in [2.05, 4.69) is 40.4 Å². The minimum atomic E-state index is -1.57. The predicted octanol–water partition coefficient (Wildman–Crippen LogP) is 5.29. The molecule has 0 spiro atoms. The van der Waals surface area contributed by atoms with E-state index in [1.54, 1.807) is 0 Å². The van der Waals surface area contributed by atoms with Gasteiger partial charge in [-0.15, -0.1) is 0 Å². The van der Waals surface area contributed by atoms with Crippen LogP contribution in [0.25, 0.3) is 0 Å². The molecule has 0 bridgehead atoms. The smallest absolute Gasteiger partial charge is 0.192 e. The summed E-state index contributed by atoms with van der Waals surface area (Å²) in [5.74, 6) is 0. The summed E-state index contributed by atoms with van der Waals surface area (Å²) in [5.41, 5.74) is 1.44. The van der Waals surface area contributed by atoms with Crippen LogP contribution in [0.15, 0.2) is 12.2 Å². The van der Waals surface area contributed by atoms with Gasteiger partial charge in [0.2, 0.25) is 0 Å². The number of hydrogen-bond acceptors (Lipinski definition) is 1. The molecule has 0 aliphatic heterocycles. The van der Waals surface area contributed by atoms with Crippen molar-refractivity contribution in [1.82, 2.24) is 0 Å². The Hall–Kier alpha value is -0.0831. The topological polar surface area (TPSA) is 9.23 Å². The molecule has 0 heterocycles. The van der Waals surface area contributed by atoms with Crippen LogP contribution in [0.1, 0.15) is 59.3 Å². The van der Waals surface area contributed by atoms with Gasteiger partial charge in [0.25, 0.3) is 0 Å². The van der Waals surface area contributed by atoms with Crippen LogP contribution in [-0.2, 0) is 4.43 Å². The summed E-state index contributed by atoms with van der Waals surface area (Å²) in [7, 11) is -1.57. The van der Waals surface area contributed by atoms with E-state index in [0.29, 0.717) is 11.1 Å². The van der Waals surface area contributed by atoms with E-state index in [1.165, 1.54) is 44.1 Å². The van der Waals surface area contributed by atoms with Gasteiger partial charge >= 0.3 is 0 Å². The standard InChI is InChI=1S/C15H30OSi/c1-13-9-7-11-14(12-8-10-13)16-17(5,6)15(2,3)4/h14H,1,7-12H2,2-6H3. The molecular formula is C15H30OSi. The van der Waals surface area contributed by atoms with Gasteiger partial charge in [-0.05, 0) is 56.7 Å². The Balaban J connectivity index is 2.53. The van der Waals surface area contributed by atoms with E-state index < -0.39 is 8.32 Å². The molecule has 100 valence electrons. The molecule has 0 aromatic carbocycles. The molecule has 2 heteroatoms. The second-order valence-electron chi connectivity index (χ2n) is 7.03. The molecule has 1 fully saturated rings. The first-order chi connectivity index (χ1) is 7.72. The third kappa shape index (κ3) is 4.59. The van der Waals surface area contributed by atoms with Gasteiger partial charge < -0.3 is 4.43 Å². The Bertz CT molecular complexity index is 251. The van der Waals surface area contributed by atoms with Crippen LogP contribution < -0.4 is 0 Å². The van der Waals surface area contributed by atoms with Crippen molar-refractivity contribution in [2.24, 2.45) is 0 Å². The van der Waals surface area contributed by atoms with E-state index >= 15 is 0 Å². The molecule has 0 aromatic rings. The summed E-state index contributed by atoms with van der Waals surface area (Å²) in [6, 6.07) is 0. The summed E-state index contributed by atoms with van der Waals surface area (Å²) < 4.78 is 6.52. The van der Waals surface area contributed by atoms with Gasteiger partial charge in [-0.25, -0.2) is 0 Å². The first-order valence-corrected chi connectivity index (χ1v) is 9.98. The fraction of sp³-hybridized carbons (Fsp3) is 0.867. The van der Waals surface area contributed by atoms with Gasteiger partial charge in [-0.2, -0.15) is 0 Å². The fourth-order valence-electron chi connectivity index (χ4n) is 2.14. The van der Waals surface area contributed by atoms with Crippen LogP contribution in [0.2, 0.25) is 18.1 Å². The first-order valence-electron chi connectivity index (χ1n) is 7.07. The summed E-state index contributed by atoms with van der Waals surface area (Å²) in [5, 5.41) is 0.332. The highest BCUT2D eigenvalue weighted by Crippen LogP contribution is 2.38. The SMILES string of the molecule is C=C1CCCC(O[Si](C)(C)C(C)(C)C)CCC1. The Morgan fingerprint density at radius 3 is 2.00 bits per heavy atom. The fourth-order valence-corrected chi connectivity index (χ4v) is 3.56. The molecule has 1 aliphatic carbocycles. The van der Waals surface area contributed by atoms with Crippen molar-refractivity contribution in [3.63, 3.8) is 0 Å². The van der Waals surface area contributed by atoms with Crippen LogP contribution in [0.4, 0.5) is 0 Å². The lowest BCUT2D eigenvalue weighted by atomic mass is 9.96. The van der Waals surface area contributed by atoms with Gasteiger partial charge in [0, 0.05) is 6.10 Å². The Labute approximate surface area is 109 Å². The zero-order valence-corrected chi connectivity index (χ0v) is 13.4. The molecule has 1 nitrogen and oxygen atoms in total. The Morgan fingerprint density at radius 2 is 1.59 bits per heavy atom. The lowest BCUT2D eigenvalue weighted by Gasteiger charge is -2.39. The quantitative estimate of drug-likeness (QED) is 0.481. The maximum atomic E-state index is 6.52. The van der Waals surface area contributed by atoms with Gasteiger partial charge in [-0.3, -0.25) is 0 Å². The van der Waals surface area contributed by atoms with Crippen molar-refractivity contribution >= 4 is 8.32 Å². The van der Waals surface area contributed by atoms with Crippen molar-refractivity contribution in [3.8, 4) is 0 Å². The maximum absolute atomic E-state index is 6.52. The minimum Gasteiger partial charge on any atom is -0.414 e. The first kappa shape index (κ1) is 15.0. The molecule has 1 saturated carbocycles. The normalized spacial score (nSPS) is 21.1. The van der Waals surface area contributed by atoms with Gasteiger partial charge in [0.05, 0.1) is 0 Å². The molecule has 1 aliphatic rings. The summed E-state index contributed by atoms with van der Waals surface area (Å²) in [6.07, 6.45) is 7.89. The predicted molar refractivity (Wildman–Crippen MR) is 78.9 cm³/mol. The average Bonchev–Trinajstić information content (AvgIpc) is 2.11. The van der Waals surface area contributed by atoms with Crippen LogP contribution in [0.5, 0.6) is 0 Å². The highest BCUT2D eigenvalue weighted by molar-refractivity contribution is 6.74. The van der Waals surface area contributed by atoms with Crippen LogP contribution >= 0.6 is 0 Å². The average molecular weight is 254 g/mol. The third-order valence-corrected chi connectivity index (χ3v) is 8.92. The van der Waals surface area contributed by atoms with Crippen molar-refractivity contribution in [2.75, 3.05) is 0 Å². The van der Waals surface area contributed by atoms with Crippen molar-refractivity contribution in [2.45, 2.75) is 83.5 Å². The molecule has 0 saturated heterocycles. The minimum absolute atomic E-state index is 0.332. The molecule has 0 atom stereocenters. The number of rotatable bonds is 2. The zero-order valence-electron chi connectivity index (χ0n) is 12.4. The van der Waals surface area contributed by atoms with Gasteiger partial charge in [0.15, 0.2) is 8.32 Å². The monoisotopic (exact) mass is 254 g/mol. The zero-order chi connectivity index (χ0) is 13.1. The number of hydrogen-bond donors (Lipinski definition) is 0. The lowest BCUT2D eigenvalue weighted by molar-refractivity contribution is 0.153. The Morgan fingerprint density at radius 1 is 1.12 bits per heavy atom.